The molecule has 1 aromatic heterocycles. The van der Waals surface area contributed by atoms with Gasteiger partial charge in [0.1, 0.15) is 23.3 Å². The Hall–Kier alpha value is -2.81. The summed E-state index contributed by atoms with van der Waals surface area (Å²) >= 11 is 1.43. The van der Waals surface area contributed by atoms with Crippen LogP contribution >= 0.6 is 11.8 Å². The van der Waals surface area contributed by atoms with Gasteiger partial charge in [0.15, 0.2) is 0 Å². The fourth-order valence-corrected chi connectivity index (χ4v) is 2.54. The van der Waals surface area contributed by atoms with Crippen LogP contribution in [0.25, 0.3) is 0 Å². The van der Waals surface area contributed by atoms with E-state index in [1.165, 1.54) is 23.9 Å². The number of nitrogens with zero attached hydrogens (tertiary/aromatic N) is 1. The van der Waals surface area contributed by atoms with Gasteiger partial charge >= 0.3 is 5.97 Å². The molecule has 9 heteroatoms. The lowest BCUT2D eigenvalue weighted by Crippen LogP contribution is -2.43. The number of aliphatic carboxylic acids is 1. The van der Waals surface area contributed by atoms with E-state index in [4.69, 9.17) is 0 Å². The smallest absolute Gasteiger partial charge is 0.326 e. The summed E-state index contributed by atoms with van der Waals surface area (Å²) in [6.45, 7) is 0. The standard InChI is InChI=1S/C16H17N3O5S/c1-25-8-13-17-11(7-14(21)19-13)15(22)18-12(16(23)24)6-9-2-4-10(20)5-3-9/h2-5,7,12,20H,6,8H2,1H3,(H,18,22)(H,23,24)(H,17,19,21). The number of benzene rings is 1. The van der Waals surface area contributed by atoms with Crippen molar-refractivity contribution in [1.29, 1.82) is 0 Å². The summed E-state index contributed by atoms with van der Waals surface area (Å²) in [5.74, 6) is -1.12. The highest BCUT2D eigenvalue weighted by Crippen LogP contribution is 2.12. The number of phenolic OH excluding ortho intramolecular Hbond substituents is 1. The SMILES string of the molecule is CSCc1nc(C(=O)NC(Cc2ccc(O)cc2)C(=O)O)cc(=O)[nH]1. The molecule has 0 bridgehead atoms. The van der Waals surface area contributed by atoms with Gasteiger partial charge in [-0.2, -0.15) is 11.8 Å². The van der Waals surface area contributed by atoms with Crippen molar-refractivity contribution >= 4 is 23.6 Å². The molecule has 0 aliphatic rings. The van der Waals surface area contributed by atoms with E-state index in [1.54, 1.807) is 12.1 Å². The molecule has 132 valence electrons. The summed E-state index contributed by atoms with van der Waals surface area (Å²) < 4.78 is 0. The Morgan fingerprint density at radius 2 is 2.00 bits per heavy atom. The van der Waals surface area contributed by atoms with E-state index in [-0.39, 0.29) is 17.9 Å². The van der Waals surface area contributed by atoms with E-state index in [0.29, 0.717) is 17.1 Å². The van der Waals surface area contributed by atoms with Gasteiger partial charge < -0.3 is 20.5 Å². The Morgan fingerprint density at radius 3 is 2.60 bits per heavy atom. The van der Waals surface area contributed by atoms with Crippen molar-refractivity contribution in [2.75, 3.05) is 6.26 Å². The molecule has 0 fully saturated rings. The Morgan fingerprint density at radius 1 is 1.32 bits per heavy atom. The summed E-state index contributed by atoms with van der Waals surface area (Å²) in [5.41, 5.74) is 0.0202. The average Bonchev–Trinajstić information content (AvgIpc) is 2.55. The highest BCUT2D eigenvalue weighted by Gasteiger charge is 2.22. The molecule has 1 aromatic carbocycles. The number of rotatable bonds is 7. The Bertz CT molecular complexity index is 819. The molecule has 1 atom stereocenters. The molecule has 0 aliphatic heterocycles. The van der Waals surface area contributed by atoms with Crippen molar-refractivity contribution in [2.24, 2.45) is 0 Å². The van der Waals surface area contributed by atoms with Gasteiger partial charge in [-0.05, 0) is 24.0 Å². The van der Waals surface area contributed by atoms with Crippen molar-refractivity contribution < 1.29 is 19.8 Å². The second kappa shape index (κ2) is 8.34. The number of aromatic amines is 1. The van der Waals surface area contributed by atoms with Crippen LogP contribution in [-0.2, 0) is 17.0 Å². The normalized spacial score (nSPS) is 11.7. The molecule has 1 amide bonds. The number of hydrogen-bond donors (Lipinski definition) is 4. The largest absolute Gasteiger partial charge is 0.508 e. The number of hydrogen-bond acceptors (Lipinski definition) is 6. The predicted molar refractivity (Wildman–Crippen MR) is 92.8 cm³/mol. The number of H-pyrrole nitrogens is 1. The van der Waals surface area contributed by atoms with E-state index in [9.17, 15) is 24.6 Å². The van der Waals surface area contributed by atoms with E-state index in [1.807, 2.05) is 6.26 Å². The second-order valence-electron chi connectivity index (χ2n) is 5.25. The maximum Gasteiger partial charge on any atom is 0.326 e. The highest BCUT2D eigenvalue weighted by molar-refractivity contribution is 7.97. The Kier molecular flexibility index (Phi) is 6.18. The number of thioether (sulfide) groups is 1. The molecule has 0 radical (unpaired) electrons. The molecular formula is C16H17N3O5S. The first-order valence-corrected chi connectivity index (χ1v) is 8.69. The van der Waals surface area contributed by atoms with Gasteiger partial charge in [-0.1, -0.05) is 12.1 Å². The number of nitrogens with one attached hydrogen (secondary N) is 2. The van der Waals surface area contributed by atoms with Crippen LogP contribution in [0.2, 0.25) is 0 Å². The molecule has 0 aliphatic carbocycles. The maximum atomic E-state index is 12.3. The minimum Gasteiger partial charge on any atom is -0.508 e. The number of amides is 1. The van der Waals surface area contributed by atoms with Crippen LogP contribution in [0.4, 0.5) is 0 Å². The number of carboxylic acids is 1. The summed E-state index contributed by atoms with van der Waals surface area (Å²) in [6, 6.07) is 5.84. The zero-order chi connectivity index (χ0) is 18.4. The Labute approximate surface area is 147 Å². The zero-order valence-corrected chi connectivity index (χ0v) is 14.2. The third kappa shape index (κ3) is 5.35. The fourth-order valence-electron chi connectivity index (χ4n) is 2.13. The third-order valence-electron chi connectivity index (χ3n) is 3.28. The van der Waals surface area contributed by atoms with Crippen LogP contribution in [0.15, 0.2) is 35.1 Å². The number of carbonyl (C=O) groups is 2. The van der Waals surface area contributed by atoms with E-state index in [0.717, 1.165) is 6.07 Å². The maximum absolute atomic E-state index is 12.3. The minimum atomic E-state index is -1.21. The summed E-state index contributed by atoms with van der Waals surface area (Å²) in [4.78, 5) is 41.9. The predicted octanol–water partition coefficient (Wildman–Crippen LogP) is 0.764. The van der Waals surface area contributed by atoms with E-state index >= 15 is 0 Å². The van der Waals surface area contributed by atoms with Crippen LogP contribution in [0, 0.1) is 0 Å². The van der Waals surface area contributed by atoms with Gasteiger partial charge in [0.2, 0.25) is 0 Å². The summed E-state index contributed by atoms with van der Waals surface area (Å²) in [5, 5.41) is 21.0. The van der Waals surface area contributed by atoms with Gasteiger partial charge in [0, 0.05) is 12.5 Å². The molecule has 8 nitrogen and oxygen atoms in total. The molecule has 2 aromatic rings. The molecule has 0 saturated carbocycles. The molecule has 0 spiro atoms. The van der Waals surface area contributed by atoms with Crippen LogP contribution < -0.4 is 10.9 Å². The lowest BCUT2D eigenvalue weighted by atomic mass is 10.1. The van der Waals surface area contributed by atoms with Crippen LogP contribution in [0.5, 0.6) is 5.75 Å². The monoisotopic (exact) mass is 363 g/mol. The minimum absolute atomic E-state index is 0.0300. The number of carboxylic acid groups (broad SMARTS) is 1. The molecular weight excluding hydrogens is 346 g/mol. The Balaban J connectivity index is 2.16. The number of aromatic hydroxyl groups is 1. The number of aromatic nitrogens is 2. The second-order valence-corrected chi connectivity index (χ2v) is 6.11. The van der Waals surface area contributed by atoms with Crippen molar-refractivity contribution in [3.8, 4) is 5.75 Å². The molecule has 0 saturated heterocycles. The van der Waals surface area contributed by atoms with Crippen molar-refractivity contribution in [2.45, 2.75) is 18.2 Å². The van der Waals surface area contributed by atoms with E-state index in [2.05, 4.69) is 15.3 Å². The van der Waals surface area contributed by atoms with Crippen LogP contribution in [0.3, 0.4) is 0 Å². The van der Waals surface area contributed by atoms with Gasteiger partial charge in [-0.3, -0.25) is 9.59 Å². The van der Waals surface area contributed by atoms with Gasteiger partial charge in [0.25, 0.3) is 11.5 Å². The quantitative estimate of drug-likeness (QED) is 0.571. The molecule has 1 unspecified atom stereocenters. The number of carbonyl (C=O) groups excluding carboxylic acids is 1. The highest BCUT2D eigenvalue weighted by atomic mass is 32.2. The lowest BCUT2D eigenvalue weighted by molar-refractivity contribution is -0.139. The van der Waals surface area contributed by atoms with Gasteiger partial charge in [0.05, 0.1) is 5.75 Å². The van der Waals surface area contributed by atoms with Gasteiger partial charge in [-0.25, -0.2) is 9.78 Å². The van der Waals surface area contributed by atoms with Crippen molar-refractivity contribution in [3.05, 3.63) is 57.8 Å². The fraction of sp³-hybridized carbons (Fsp3) is 0.250. The van der Waals surface area contributed by atoms with Crippen LogP contribution in [-0.4, -0.2) is 44.4 Å². The van der Waals surface area contributed by atoms with Gasteiger partial charge in [-0.15, -0.1) is 0 Å². The lowest BCUT2D eigenvalue weighted by Gasteiger charge is -2.14. The van der Waals surface area contributed by atoms with Crippen LogP contribution in [0.1, 0.15) is 21.9 Å². The number of phenols is 1. The molecule has 25 heavy (non-hydrogen) atoms. The summed E-state index contributed by atoms with van der Waals surface area (Å²) in [7, 11) is 0. The van der Waals surface area contributed by atoms with Crippen molar-refractivity contribution in [1.82, 2.24) is 15.3 Å². The van der Waals surface area contributed by atoms with Crippen molar-refractivity contribution in [3.63, 3.8) is 0 Å². The first kappa shape index (κ1) is 18.5. The topological polar surface area (TPSA) is 132 Å². The van der Waals surface area contributed by atoms with E-state index < -0.39 is 23.5 Å². The molecule has 4 N–H and O–H groups in total. The molecule has 1 heterocycles. The first-order chi connectivity index (χ1) is 11.9. The third-order valence-corrected chi connectivity index (χ3v) is 3.85. The zero-order valence-electron chi connectivity index (χ0n) is 13.4. The molecule has 2 rings (SSSR count). The summed E-state index contributed by atoms with van der Waals surface area (Å²) in [6.07, 6.45) is 1.85. The first-order valence-electron chi connectivity index (χ1n) is 7.30. The average molecular weight is 363 g/mol.